The van der Waals surface area contributed by atoms with E-state index in [0.717, 1.165) is 0 Å². The predicted molar refractivity (Wildman–Crippen MR) is 123 cm³/mol. The molecule has 0 spiro atoms. The Morgan fingerprint density at radius 2 is 1.07 bits per heavy atom. The molecule has 29 heavy (non-hydrogen) atoms. The number of aromatic nitrogens is 1. The highest BCUT2D eigenvalue weighted by Crippen LogP contribution is 2.47. The number of para-hydroxylation sites is 3. The highest BCUT2D eigenvalue weighted by molar-refractivity contribution is 6.17. The molecule has 0 unspecified atom stereocenters. The van der Waals surface area contributed by atoms with Gasteiger partial charge in [-0.3, -0.25) is 0 Å². The molecule has 134 valence electrons. The number of rotatable bonds is 0. The Morgan fingerprint density at radius 1 is 0.448 bits per heavy atom. The fraction of sp³-hybridized carbons (Fsp3) is 0. The van der Waals surface area contributed by atoms with E-state index < -0.39 is 0 Å². The molecule has 5 aromatic carbocycles. The van der Waals surface area contributed by atoms with Gasteiger partial charge in [-0.05, 0) is 46.2 Å². The summed E-state index contributed by atoms with van der Waals surface area (Å²) in [7, 11) is 0. The molecule has 0 fully saturated rings. The molecule has 0 aliphatic carbocycles. The molecule has 7 rings (SSSR count). The van der Waals surface area contributed by atoms with Gasteiger partial charge >= 0.3 is 0 Å². The third kappa shape index (κ3) is 1.89. The normalized spacial score (nSPS) is 12.1. The van der Waals surface area contributed by atoms with Gasteiger partial charge in [-0.2, -0.15) is 0 Å². The van der Waals surface area contributed by atoms with Crippen LogP contribution in [-0.2, 0) is 0 Å². The van der Waals surface area contributed by atoms with Crippen LogP contribution in [0.15, 0.2) is 103 Å². The van der Waals surface area contributed by atoms with Crippen molar-refractivity contribution in [2.24, 2.45) is 0 Å². The van der Waals surface area contributed by atoms with Crippen LogP contribution in [-0.4, -0.2) is 4.57 Å². The van der Waals surface area contributed by atoms with Crippen LogP contribution in [0.2, 0.25) is 0 Å². The maximum absolute atomic E-state index is 2.46. The van der Waals surface area contributed by atoms with Crippen molar-refractivity contribution in [3.8, 4) is 27.9 Å². The lowest BCUT2D eigenvalue weighted by atomic mass is 9.91. The molecule has 0 atom stereocenters. The van der Waals surface area contributed by atoms with E-state index in [2.05, 4.69) is 108 Å². The molecule has 6 aromatic rings. The Balaban J connectivity index is 1.80. The molecule has 1 aliphatic heterocycles. The van der Waals surface area contributed by atoms with Gasteiger partial charge in [0, 0.05) is 21.9 Å². The zero-order chi connectivity index (χ0) is 18.9. The smallest absolute Gasteiger partial charge is 0.0619 e. The second-order valence-electron chi connectivity index (χ2n) is 7.82. The molecule has 0 radical (unpaired) electrons. The Hall–Kier alpha value is -3.84. The van der Waals surface area contributed by atoms with Crippen molar-refractivity contribution in [1.29, 1.82) is 0 Å². The summed E-state index contributed by atoms with van der Waals surface area (Å²) in [5.41, 5.74) is 9.01. The predicted octanol–water partition coefficient (Wildman–Crippen LogP) is 7.58. The zero-order valence-electron chi connectivity index (χ0n) is 15.8. The molecule has 0 bridgehead atoms. The van der Waals surface area contributed by atoms with Gasteiger partial charge in [-0.25, -0.2) is 0 Å². The second kappa shape index (κ2) is 5.36. The Labute approximate surface area is 168 Å². The first kappa shape index (κ1) is 15.1. The third-order valence-electron chi connectivity index (χ3n) is 6.31. The van der Waals surface area contributed by atoms with Gasteiger partial charge in [-0.15, -0.1) is 0 Å². The summed E-state index contributed by atoms with van der Waals surface area (Å²) in [4.78, 5) is 0. The molecule has 0 amide bonds. The molecule has 1 nitrogen and oxygen atoms in total. The monoisotopic (exact) mass is 367 g/mol. The minimum absolute atomic E-state index is 1.25. The van der Waals surface area contributed by atoms with Crippen LogP contribution in [0, 0.1) is 0 Å². The van der Waals surface area contributed by atoms with Crippen molar-refractivity contribution in [2.75, 3.05) is 0 Å². The largest absolute Gasteiger partial charge is 0.308 e. The van der Waals surface area contributed by atoms with Crippen molar-refractivity contribution in [3.05, 3.63) is 103 Å². The van der Waals surface area contributed by atoms with Gasteiger partial charge in [0.15, 0.2) is 0 Å². The summed E-state index contributed by atoms with van der Waals surface area (Å²) in [6.07, 6.45) is 0. The van der Waals surface area contributed by atoms with E-state index in [9.17, 15) is 0 Å². The first-order valence-corrected chi connectivity index (χ1v) is 10.1. The molecule has 0 saturated heterocycles. The van der Waals surface area contributed by atoms with Crippen LogP contribution in [0.1, 0.15) is 0 Å². The quantitative estimate of drug-likeness (QED) is 0.260. The molecule has 0 N–H and O–H groups in total. The van der Waals surface area contributed by atoms with Crippen molar-refractivity contribution in [2.45, 2.75) is 0 Å². The van der Waals surface area contributed by atoms with Crippen LogP contribution >= 0.6 is 0 Å². The van der Waals surface area contributed by atoms with E-state index in [0.29, 0.717) is 0 Å². The highest BCUT2D eigenvalue weighted by Gasteiger charge is 2.24. The summed E-state index contributed by atoms with van der Waals surface area (Å²) in [5, 5.41) is 5.19. The minimum Gasteiger partial charge on any atom is -0.308 e. The summed E-state index contributed by atoms with van der Waals surface area (Å²) in [6.45, 7) is 0. The molecule has 1 aliphatic rings. The lowest BCUT2D eigenvalue weighted by Crippen LogP contribution is -1.95. The average Bonchev–Trinajstić information content (AvgIpc) is 3.06. The van der Waals surface area contributed by atoms with Gasteiger partial charge in [0.25, 0.3) is 0 Å². The van der Waals surface area contributed by atoms with Crippen molar-refractivity contribution in [1.82, 2.24) is 4.57 Å². The van der Waals surface area contributed by atoms with Crippen LogP contribution in [0.4, 0.5) is 0 Å². The van der Waals surface area contributed by atoms with E-state index in [-0.39, 0.29) is 0 Å². The fourth-order valence-electron chi connectivity index (χ4n) is 5.07. The van der Waals surface area contributed by atoms with Gasteiger partial charge in [0.2, 0.25) is 0 Å². The molecule has 1 heteroatoms. The highest BCUT2D eigenvalue weighted by atomic mass is 15.0. The number of hydrogen-bond donors (Lipinski definition) is 0. The lowest BCUT2D eigenvalue weighted by Gasteiger charge is -2.13. The first-order chi connectivity index (χ1) is 14.4. The molecular formula is C28H17N. The van der Waals surface area contributed by atoms with Crippen molar-refractivity contribution >= 4 is 32.6 Å². The Morgan fingerprint density at radius 3 is 1.93 bits per heavy atom. The van der Waals surface area contributed by atoms with E-state index in [4.69, 9.17) is 0 Å². The Kier molecular flexibility index (Phi) is 2.80. The molecule has 0 saturated carbocycles. The number of hydrogen-bond acceptors (Lipinski definition) is 0. The standard InChI is InChI=1S/C28H17N/c1-2-9-19-17-25-23-13-7-12-22-20-10-3-5-14-26(20)29(28(22)23)27-15-6-4-11-21(27)24(25)16-18(19)8-1/h1-17H. The van der Waals surface area contributed by atoms with E-state index >= 15 is 0 Å². The maximum atomic E-state index is 2.46. The van der Waals surface area contributed by atoms with Crippen LogP contribution in [0.3, 0.4) is 0 Å². The van der Waals surface area contributed by atoms with Gasteiger partial charge in [0.05, 0.1) is 16.7 Å². The summed E-state index contributed by atoms with van der Waals surface area (Å²) < 4.78 is 2.46. The molecule has 1 aromatic heterocycles. The van der Waals surface area contributed by atoms with Gasteiger partial charge in [0.1, 0.15) is 0 Å². The minimum atomic E-state index is 1.25. The fourth-order valence-corrected chi connectivity index (χ4v) is 5.07. The number of fused-ring (bicyclic) bond motifs is 9. The topological polar surface area (TPSA) is 4.93 Å². The van der Waals surface area contributed by atoms with E-state index in [1.807, 2.05) is 0 Å². The second-order valence-corrected chi connectivity index (χ2v) is 7.82. The van der Waals surface area contributed by atoms with Gasteiger partial charge < -0.3 is 4.57 Å². The summed E-state index contributed by atoms with van der Waals surface area (Å²) >= 11 is 0. The first-order valence-electron chi connectivity index (χ1n) is 10.1. The van der Waals surface area contributed by atoms with Crippen molar-refractivity contribution in [3.63, 3.8) is 0 Å². The van der Waals surface area contributed by atoms with Crippen LogP contribution < -0.4 is 0 Å². The van der Waals surface area contributed by atoms with Crippen LogP contribution in [0.25, 0.3) is 60.5 Å². The lowest BCUT2D eigenvalue weighted by molar-refractivity contribution is 1.19. The molecule has 2 heterocycles. The number of benzene rings is 5. The maximum Gasteiger partial charge on any atom is 0.0619 e. The van der Waals surface area contributed by atoms with Gasteiger partial charge in [-0.1, -0.05) is 78.9 Å². The Bertz CT molecular complexity index is 1600. The van der Waals surface area contributed by atoms with E-state index in [1.54, 1.807) is 0 Å². The number of nitrogens with zero attached hydrogens (tertiary/aromatic N) is 1. The SMILES string of the molecule is c1ccc2c(c1)-c1cc3ccccc3cc1-c1cccc3c4ccccc4n-2c13. The summed E-state index contributed by atoms with van der Waals surface area (Å²) in [6, 6.07) is 37.7. The zero-order valence-corrected chi connectivity index (χ0v) is 15.8. The van der Waals surface area contributed by atoms with Crippen molar-refractivity contribution < 1.29 is 0 Å². The average molecular weight is 367 g/mol. The van der Waals surface area contributed by atoms with E-state index in [1.165, 1.54) is 60.5 Å². The van der Waals surface area contributed by atoms with Crippen LogP contribution in [0.5, 0.6) is 0 Å². The molecular weight excluding hydrogens is 350 g/mol. The third-order valence-corrected chi connectivity index (χ3v) is 6.31. The summed E-state index contributed by atoms with van der Waals surface area (Å²) in [5.74, 6) is 0.